The second-order valence-electron chi connectivity index (χ2n) is 6.37. The molecule has 0 amide bonds. The summed E-state index contributed by atoms with van der Waals surface area (Å²) in [6, 6.07) is 8.10. The maximum atomic E-state index is 5.26. The highest BCUT2D eigenvalue weighted by atomic mass is 16.5. The van der Waals surface area contributed by atoms with E-state index in [1.807, 2.05) is 25.2 Å². The summed E-state index contributed by atoms with van der Waals surface area (Å²) in [5.41, 5.74) is 1.18. The van der Waals surface area contributed by atoms with E-state index in [1.54, 1.807) is 7.11 Å². The molecule has 2 N–H and O–H groups in total. The van der Waals surface area contributed by atoms with E-state index in [9.17, 15) is 0 Å². The summed E-state index contributed by atoms with van der Waals surface area (Å²) in [4.78, 5) is 6.85. The summed E-state index contributed by atoms with van der Waals surface area (Å²) in [7, 11) is 3.51. The molecule has 134 valence electrons. The number of nitrogens with one attached hydrogen (secondary N) is 2. The third-order valence-corrected chi connectivity index (χ3v) is 4.82. The molecule has 0 atom stereocenters. The van der Waals surface area contributed by atoms with E-state index >= 15 is 0 Å². The largest absolute Gasteiger partial charge is 0.497 e. The predicted octanol–water partition coefficient (Wildman–Crippen LogP) is 2.48. The maximum Gasteiger partial charge on any atom is 0.191 e. The van der Waals surface area contributed by atoms with Crippen LogP contribution in [0.25, 0.3) is 0 Å². The Bertz CT molecular complexity index is 510. The number of methoxy groups -OCH3 is 1. The van der Waals surface area contributed by atoms with Crippen molar-refractivity contribution < 1.29 is 4.74 Å². The van der Waals surface area contributed by atoms with Gasteiger partial charge in [-0.05, 0) is 62.5 Å². The van der Waals surface area contributed by atoms with Crippen molar-refractivity contribution in [1.29, 1.82) is 0 Å². The van der Waals surface area contributed by atoms with Crippen LogP contribution in [0.1, 0.15) is 31.7 Å². The molecule has 1 aliphatic heterocycles. The second kappa shape index (κ2) is 10.2. The van der Waals surface area contributed by atoms with Gasteiger partial charge in [0.25, 0.3) is 0 Å². The normalized spacial score (nSPS) is 16.9. The lowest BCUT2D eigenvalue weighted by Gasteiger charge is -2.31. The zero-order chi connectivity index (χ0) is 17.2. The smallest absolute Gasteiger partial charge is 0.191 e. The molecule has 1 aromatic rings. The van der Waals surface area contributed by atoms with E-state index in [0.717, 1.165) is 30.7 Å². The van der Waals surface area contributed by atoms with Gasteiger partial charge < -0.3 is 20.3 Å². The molecule has 0 saturated carbocycles. The highest BCUT2D eigenvalue weighted by Crippen LogP contribution is 2.19. The van der Waals surface area contributed by atoms with Gasteiger partial charge >= 0.3 is 0 Å². The molecule has 1 aliphatic rings. The molecule has 5 heteroatoms. The Morgan fingerprint density at radius 1 is 1.29 bits per heavy atom. The molecule has 1 aromatic carbocycles. The van der Waals surface area contributed by atoms with Gasteiger partial charge in [-0.3, -0.25) is 4.99 Å². The summed E-state index contributed by atoms with van der Waals surface area (Å²) in [5.74, 6) is 2.59. The number of rotatable bonds is 7. The molecule has 0 spiro atoms. The zero-order valence-electron chi connectivity index (χ0n) is 15.3. The van der Waals surface area contributed by atoms with Crippen LogP contribution < -0.4 is 15.4 Å². The fourth-order valence-electron chi connectivity index (χ4n) is 3.17. The van der Waals surface area contributed by atoms with E-state index < -0.39 is 0 Å². The minimum absolute atomic E-state index is 0.742. The van der Waals surface area contributed by atoms with Crippen molar-refractivity contribution in [2.75, 3.05) is 40.3 Å². The number of nitrogens with zero attached hydrogens (tertiary/aromatic N) is 2. The molecule has 5 nitrogen and oxygen atoms in total. The molecule has 1 saturated heterocycles. The number of hydrogen-bond acceptors (Lipinski definition) is 3. The third kappa shape index (κ3) is 6.04. The van der Waals surface area contributed by atoms with E-state index in [0.29, 0.717) is 0 Å². The standard InChI is InChI=1S/C19H32N4O/c1-4-23-12-9-16(10-13-23)8-11-21-19(20-2)22-15-17-6-5-7-18(14-17)24-3/h5-7,14,16H,4,8-13,15H2,1-3H3,(H2,20,21,22). The predicted molar refractivity (Wildman–Crippen MR) is 101 cm³/mol. The van der Waals surface area contributed by atoms with Gasteiger partial charge in [0, 0.05) is 20.1 Å². The molecule has 24 heavy (non-hydrogen) atoms. The van der Waals surface area contributed by atoms with Crippen molar-refractivity contribution in [3.05, 3.63) is 29.8 Å². The lowest BCUT2D eigenvalue weighted by Crippen LogP contribution is -2.39. The zero-order valence-corrected chi connectivity index (χ0v) is 15.3. The molecular formula is C19H32N4O. The summed E-state index contributed by atoms with van der Waals surface area (Å²) >= 11 is 0. The number of piperidine rings is 1. The Kier molecular flexibility index (Phi) is 7.89. The van der Waals surface area contributed by atoms with Gasteiger partial charge in [0.05, 0.1) is 7.11 Å². The van der Waals surface area contributed by atoms with Crippen LogP contribution in [0.15, 0.2) is 29.3 Å². The lowest BCUT2D eigenvalue weighted by molar-refractivity contribution is 0.187. The Morgan fingerprint density at radius 3 is 2.75 bits per heavy atom. The molecule has 0 unspecified atom stereocenters. The first-order valence-corrected chi connectivity index (χ1v) is 9.05. The highest BCUT2D eigenvalue weighted by molar-refractivity contribution is 5.79. The van der Waals surface area contributed by atoms with E-state index in [4.69, 9.17) is 4.74 Å². The number of benzene rings is 1. The van der Waals surface area contributed by atoms with Crippen LogP contribution in [-0.4, -0.2) is 51.2 Å². The minimum Gasteiger partial charge on any atom is -0.497 e. The van der Waals surface area contributed by atoms with E-state index in [2.05, 4.69) is 33.5 Å². The Morgan fingerprint density at radius 2 is 2.08 bits per heavy atom. The molecule has 2 rings (SSSR count). The number of guanidine groups is 1. The van der Waals surface area contributed by atoms with Crippen molar-refractivity contribution in [3.63, 3.8) is 0 Å². The van der Waals surface area contributed by atoms with Crippen LogP contribution in [0.2, 0.25) is 0 Å². The van der Waals surface area contributed by atoms with Crippen molar-refractivity contribution in [2.45, 2.75) is 32.7 Å². The monoisotopic (exact) mass is 332 g/mol. The first-order valence-electron chi connectivity index (χ1n) is 9.05. The number of likely N-dealkylation sites (tertiary alicyclic amines) is 1. The molecular weight excluding hydrogens is 300 g/mol. The SMILES string of the molecule is CCN1CCC(CCNC(=NC)NCc2cccc(OC)c2)CC1. The van der Waals surface area contributed by atoms with Crippen LogP contribution in [0, 0.1) is 5.92 Å². The Balaban J connectivity index is 1.67. The minimum atomic E-state index is 0.742. The first kappa shape index (κ1) is 18.6. The number of aliphatic imine (C=N–C) groups is 1. The van der Waals surface area contributed by atoms with Crippen LogP contribution in [0.5, 0.6) is 5.75 Å². The Labute approximate surface area is 146 Å². The average molecular weight is 332 g/mol. The number of hydrogen-bond donors (Lipinski definition) is 2. The fraction of sp³-hybridized carbons (Fsp3) is 0.632. The summed E-state index contributed by atoms with van der Waals surface area (Å²) < 4.78 is 5.26. The molecule has 0 bridgehead atoms. The van der Waals surface area contributed by atoms with E-state index in [-0.39, 0.29) is 0 Å². The van der Waals surface area contributed by atoms with Gasteiger partial charge in [0.15, 0.2) is 5.96 Å². The van der Waals surface area contributed by atoms with Gasteiger partial charge in [-0.2, -0.15) is 0 Å². The van der Waals surface area contributed by atoms with Gasteiger partial charge in [-0.25, -0.2) is 0 Å². The topological polar surface area (TPSA) is 48.9 Å². The van der Waals surface area contributed by atoms with Crippen molar-refractivity contribution in [2.24, 2.45) is 10.9 Å². The quantitative estimate of drug-likeness (QED) is 0.595. The van der Waals surface area contributed by atoms with Crippen molar-refractivity contribution in [3.8, 4) is 5.75 Å². The summed E-state index contributed by atoms with van der Waals surface area (Å²) in [5, 5.41) is 6.80. The third-order valence-electron chi connectivity index (χ3n) is 4.82. The van der Waals surface area contributed by atoms with Crippen LogP contribution in [0.4, 0.5) is 0 Å². The van der Waals surface area contributed by atoms with Crippen LogP contribution >= 0.6 is 0 Å². The number of ether oxygens (including phenoxy) is 1. The van der Waals surface area contributed by atoms with Gasteiger partial charge in [-0.15, -0.1) is 0 Å². The molecule has 1 fully saturated rings. The van der Waals surface area contributed by atoms with E-state index in [1.165, 1.54) is 44.5 Å². The van der Waals surface area contributed by atoms with Crippen LogP contribution in [0.3, 0.4) is 0 Å². The summed E-state index contributed by atoms with van der Waals surface area (Å²) in [6.45, 7) is 7.67. The summed E-state index contributed by atoms with van der Waals surface area (Å²) in [6.07, 6.45) is 3.87. The fourth-order valence-corrected chi connectivity index (χ4v) is 3.17. The highest BCUT2D eigenvalue weighted by Gasteiger charge is 2.17. The van der Waals surface area contributed by atoms with Crippen molar-refractivity contribution >= 4 is 5.96 Å². The Hall–Kier alpha value is -1.75. The lowest BCUT2D eigenvalue weighted by atomic mass is 9.93. The maximum absolute atomic E-state index is 5.26. The average Bonchev–Trinajstić information content (AvgIpc) is 2.65. The van der Waals surface area contributed by atoms with Gasteiger partial charge in [-0.1, -0.05) is 19.1 Å². The van der Waals surface area contributed by atoms with Gasteiger partial charge in [0.2, 0.25) is 0 Å². The molecule has 1 heterocycles. The van der Waals surface area contributed by atoms with Gasteiger partial charge in [0.1, 0.15) is 5.75 Å². The molecule has 0 aliphatic carbocycles. The van der Waals surface area contributed by atoms with Crippen LogP contribution in [-0.2, 0) is 6.54 Å². The molecule has 0 radical (unpaired) electrons. The van der Waals surface area contributed by atoms with Crippen molar-refractivity contribution in [1.82, 2.24) is 15.5 Å². The molecule has 0 aromatic heterocycles. The second-order valence-corrected chi connectivity index (χ2v) is 6.37. The first-order chi connectivity index (χ1) is 11.7.